The molecule has 5 N–H and O–H groups in total. The van der Waals surface area contributed by atoms with E-state index in [4.69, 9.17) is 5.73 Å². The molecule has 2 aromatic carbocycles. The highest BCUT2D eigenvalue weighted by atomic mass is 16.2. The number of nitrogens with two attached hydrogens (primary N) is 2. The van der Waals surface area contributed by atoms with Crippen LogP contribution in [0.1, 0.15) is 17.5 Å². The average molecular weight is 419 g/mol. The Balaban J connectivity index is 1.53. The monoisotopic (exact) mass is 419 g/mol. The van der Waals surface area contributed by atoms with E-state index in [0.717, 1.165) is 5.56 Å². The van der Waals surface area contributed by atoms with Gasteiger partial charge in [-0.15, -0.1) is 0 Å². The van der Waals surface area contributed by atoms with Crippen molar-refractivity contribution in [1.82, 2.24) is 4.90 Å². The Morgan fingerprint density at radius 2 is 1.74 bits per heavy atom. The molecule has 4 amide bonds. The van der Waals surface area contributed by atoms with Crippen molar-refractivity contribution in [2.75, 3.05) is 11.9 Å². The lowest BCUT2D eigenvalue weighted by molar-refractivity contribution is -0.732. The van der Waals surface area contributed by atoms with E-state index in [1.807, 2.05) is 30.3 Å². The largest absolute Gasteiger partial charge is 0.369 e. The Morgan fingerprint density at radius 3 is 2.48 bits per heavy atom. The summed E-state index contributed by atoms with van der Waals surface area (Å²) in [5, 5.41) is 4.58. The van der Waals surface area contributed by atoms with E-state index in [2.05, 4.69) is 5.32 Å². The minimum atomic E-state index is -1.27. The van der Waals surface area contributed by atoms with Gasteiger partial charge in [-0.05, 0) is 18.1 Å². The first kappa shape index (κ1) is 19.4. The molecule has 0 aliphatic carbocycles. The number of carbonyl (C=O) groups is 4. The summed E-state index contributed by atoms with van der Waals surface area (Å²) in [5.41, 5.74) is 6.50. The molecule has 0 radical (unpaired) electrons. The molecule has 5 rings (SSSR count). The van der Waals surface area contributed by atoms with Crippen LogP contribution in [-0.4, -0.2) is 41.1 Å². The molecule has 2 saturated heterocycles. The lowest BCUT2D eigenvalue weighted by atomic mass is 9.76. The Bertz CT molecular complexity index is 1100. The van der Waals surface area contributed by atoms with Gasteiger partial charge in [0.1, 0.15) is 17.9 Å². The molecular formula is C23H23N4O4+. The summed E-state index contributed by atoms with van der Waals surface area (Å²) in [6, 6.07) is 16.2. The predicted molar refractivity (Wildman–Crippen MR) is 110 cm³/mol. The molecule has 0 aromatic heterocycles. The number of primary amides is 1. The maximum atomic E-state index is 13.6. The zero-order chi connectivity index (χ0) is 21.8. The fourth-order valence-electron chi connectivity index (χ4n) is 5.51. The number of rotatable bonds is 5. The van der Waals surface area contributed by atoms with Crippen molar-refractivity contribution in [2.24, 2.45) is 17.6 Å². The summed E-state index contributed by atoms with van der Waals surface area (Å²) in [4.78, 5) is 53.2. The summed E-state index contributed by atoms with van der Waals surface area (Å²) in [5.74, 6) is -3.23. The molecule has 0 saturated carbocycles. The normalized spacial score (nSPS) is 28.7. The molecule has 0 unspecified atom stereocenters. The fraction of sp³-hybridized carbons (Fsp3) is 0.304. The highest BCUT2D eigenvalue weighted by molar-refractivity contribution is 6.14. The number of likely N-dealkylation sites (tertiary alicyclic amines) is 1. The molecule has 8 nitrogen and oxygen atoms in total. The van der Waals surface area contributed by atoms with Crippen LogP contribution in [0.5, 0.6) is 0 Å². The lowest BCUT2D eigenvalue weighted by Crippen LogP contribution is -2.99. The number of nitrogens with one attached hydrogen (secondary N) is 1. The van der Waals surface area contributed by atoms with Crippen molar-refractivity contribution >= 4 is 29.3 Å². The standard InChI is InChI=1S/C23H22N4O4/c24-17(28)12-16-18-19(23(26-16)14-8-4-5-9-15(14)25-22(23)31)21(30)27(20(18)29)11-10-13-6-2-1-3-7-13/h1-9,16,18-19,26H,10-12H2,(H2,24,28)(H,25,31)/p+1/t16-,18+,19+,23-/m0/s1. The van der Waals surface area contributed by atoms with Crippen LogP contribution in [0.4, 0.5) is 5.69 Å². The van der Waals surface area contributed by atoms with Gasteiger partial charge in [0.25, 0.3) is 5.91 Å². The number of benzene rings is 2. The first-order valence-corrected chi connectivity index (χ1v) is 10.4. The number of hydrogen-bond acceptors (Lipinski definition) is 4. The number of nitrogens with zero attached hydrogens (tertiary/aromatic N) is 1. The number of anilines is 1. The van der Waals surface area contributed by atoms with Gasteiger partial charge < -0.3 is 16.4 Å². The van der Waals surface area contributed by atoms with Crippen LogP contribution in [0.2, 0.25) is 0 Å². The van der Waals surface area contributed by atoms with Crippen LogP contribution >= 0.6 is 0 Å². The summed E-state index contributed by atoms with van der Waals surface area (Å²) in [6.45, 7) is 0.233. The maximum absolute atomic E-state index is 13.6. The second-order valence-electron chi connectivity index (χ2n) is 8.44. The van der Waals surface area contributed by atoms with E-state index in [1.54, 1.807) is 29.6 Å². The molecule has 3 aliphatic rings. The fourth-order valence-corrected chi connectivity index (χ4v) is 5.51. The van der Waals surface area contributed by atoms with Gasteiger partial charge in [-0.2, -0.15) is 0 Å². The van der Waals surface area contributed by atoms with Gasteiger partial charge in [-0.1, -0.05) is 48.5 Å². The SMILES string of the molecule is NC(=O)C[C@@H]1[NH2+][C@]2(C(=O)Nc3ccccc32)[C@H]2C(=O)N(CCc3ccccc3)C(=O)[C@H]12. The van der Waals surface area contributed by atoms with E-state index >= 15 is 0 Å². The van der Waals surface area contributed by atoms with Crippen LogP contribution < -0.4 is 16.4 Å². The highest BCUT2D eigenvalue weighted by Gasteiger charge is 2.74. The van der Waals surface area contributed by atoms with Crippen LogP contribution in [0, 0.1) is 11.8 Å². The third-order valence-corrected chi connectivity index (χ3v) is 6.77. The molecule has 2 fully saturated rings. The molecule has 8 heteroatoms. The average Bonchev–Trinajstić information content (AvgIpc) is 3.32. The van der Waals surface area contributed by atoms with Crippen molar-refractivity contribution < 1.29 is 24.5 Å². The molecular weight excluding hydrogens is 396 g/mol. The number of hydrogen-bond donors (Lipinski definition) is 3. The van der Waals surface area contributed by atoms with E-state index in [1.165, 1.54) is 4.90 Å². The van der Waals surface area contributed by atoms with Crippen molar-refractivity contribution in [3.8, 4) is 0 Å². The van der Waals surface area contributed by atoms with Crippen LogP contribution in [0.3, 0.4) is 0 Å². The van der Waals surface area contributed by atoms with Crippen LogP contribution in [0.15, 0.2) is 54.6 Å². The van der Waals surface area contributed by atoms with Crippen LogP contribution in [0.25, 0.3) is 0 Å². The van der Waals surface area contributed by atoms with Crippen molar-refractivity contribution in [1.29, 1.82) is 0 Å². The Labute approximate surface area is 178 Å². The predicted octanol–water partition coefficient (Wildman–Crippen LogP) is -0.501. The third kappa shape index (κ3) is 2.79. The van der Waals surface area contributed by atoms with Gasteiger partial charge in [0.2, 0.25) is 23.3 Å². The second kappa shape index (κ2) is 7.02. The number of para-hydroxylation sites is 1. The van der Waals surface area contributed by atoms with Gasteiger partial charge >= 0.3 is 0 Å². The Kier molecular flexibility index (Phi) is 4.40. The first-order chi connectivity index (χ1) is 14.9. The number of amides is 4. The zero-order valence-corrected chi connectivity index (χ0v) is 16.8. The molecule has 2 aromatic rings. The summed E-state index contributed by atoms with van der Waals surface area (Å²) in [6.07, 6.45) is 0.446. The molecule has 158 valence electrons. The summed E-state index contributed by atoms with van der Waals surface area (Å²) in [7, 11) is 0. The van der Waals surface area contributed by atoms with E-state index < -0.39 is 29.3 Å². The summed E-state index contributed by atoms with van der Waals surface area (Å²) >= 11 is 0. The highest BCUT2D eigenvalue weighted by Crippen LogP contribution is 2.49. The van der Waals surface area contributed by atoms with Crippen molar-refractivity contribution in [2.45, 2.75) is 24.4 Å². The number of carbonyl (C=O) groups excluding carboxylic acids is 4. The summed E-state index contributed by atoms with van der Waals surface area (Å²) < 4.78 is 0. The molecule has 0 bridgehead atoms. The molecule has 1 spiro atoms. The van der Waals surface area contributed by atoms with Gasteiger partial charge in [0.15, 0.2) is 0 Å². The smallest absolute Gasteiger partial charge is 0.291 e. The minimum absolute atomic E-state index is 0.0795. The maximum Gasteiger partial charge on any atom is 0.291 e. The zero-order valence-electron chi connectivity index (χ0n) is 16.8. The quantitative estimate of drug-likeness (QED) is 0.565. The minimum Gasteiger partial charge on any atom is -0.369 e. The second-order valence-corrected chi connectivity index (χ2v) is 8.44. The van der Waals surface area contributed by atoms with Gasteiger partial charge in [-0.25, -0.2) is 0 Å². The molecule has 3 aliphatic heterocycles. The van der Waals surface area contributed by atoms with E-state index in [-0.39, 0.29) is 30.7 Å². The van der Waals surface area contributed by atoms with Gasteiger partial charge in [-0.3, -0.25) is 24.1 Å². The van der Waals surface area contributed by atoms with E-state index in [9.17, 15) is 19.2 Å². The third-order valence-electron chi connectivity index (χ3n) is 6.77. The molecule has 3 heterocycles. The van der Waals surface area contributed by atoms with Crippen LogP contribution in [-0.2, 0) is 31.1 Å². The number of quaternary nitrogens is 1. The van der Waals surface area contributed by atoms with E-state index in [0.29, 0.717) is 17.7 Å². The first-order valence-electron chi connectivity index (χ1n) is 10.4. The van der Waals surface area contributed by atoms with Crippen molar-refractivity contribution in [3.05, 3.63) is 65.7 Å². The van der Waals surface area contributed by atoms with Gasteiger partial charge in [0.05, 0.1) is 12.1 Å². The van der Waals surface area contributed by atoms with Crippen molar-refractivity contribution in [3.63, 3.8) is 0 Å². The number of fused-ring (bicyclic) bond motifs is 4. The van der Waals surface area contributed by atoms with Gasteiger partial charge in [0, 0.05) is 12.1 Å². The number of imide groups is 1. The Hall–Kier alpha value is -3.52. The Morgan fingerprint density at radius 1 is 1.03 bits per heavy atom. The molecule has 31 heavy (non-hydrogen) atoms. The molecule has 4 atom stereocenters. The topological polar surface area (TPSA) is 126 Å². The lowest BCUT2D eigenvalue weighted by Gasteiger charge is -2.26.